The number of aromatic nitrogens is 2. The number of hydrogen-bond donors (Lipinski definition) is 1. The molecule has 1 aromatic carbocycles. The minimum atomic E-state index is -3.88. The summed E-state index contributed by atoms with van der Waals surface area (Å²) >= 11 is 5.88. The quantitative estimate of drug-likeness (QED) is 0.781. The second-order valence-corrected chi connectivity index (χ2v) is 8.83. The van der Waals surface area contributed by atoms with E-state index in [1.165, 1.54) is 25.3 Å². The Kier molecular flexibility index (Phi) is 5.43. The smallest absolute Gasteiger partial charge is 0.242 e. The van der Waals surface area contributed by atoms with Gasteiger partial charge in [-0.05, 0) is 12.1 Å². The first-order valence-corrected chi connectivity index (χ1v) is 10.3. The van der Waals surface area contributed by atoms with Crippen LogP contribution in [0.15, 0.2) is 40.3 Å². The maximum absolute atomic E-state index is 12.3. The monoisotopic (exact) mass is 391 g/mol. The number of hydrogen-bond acceptors (Lipinski definition) is 7. The minimum absolute atomic E-state index is 0.0775. The zero-order chi connectivity index (χ0) is 18.0. The van der Waals surface area contributed by atoms with Gasteiger partial charge in [-0.25, -0.2) is 21.6 Å². The second-order valence-electron chi connectivity index (χ2n) is 4.72. The highest BCUT2D eigenvalue weighted by Gasteiger charge is 2.20. The summed E-state index contributed by atoms with van der Waals surface area (Å²) in [5, 5.41) is 7.10. The Hall–Kier alpha value is -1.75. The largest absolute Gasteiger partial charge is 0.495 e. The Morgan fingerprint density at radius 2 is 1.83 bits per heavy atom. The molecular weight excluding hydrogens is 378 g/mol. The Bertz CT molecular complexity index is 961. The van der Waals surface area contributed by atoms with Crippen LogP contribution < -0.4 is 9.46 Å². The van der Waals surface area contributed by atoms with Crippen LogP contribution >= 0.6 is 11.6 Å². The van der Waals surface area contributed by atoms with Crippen LogP contribution in [0.25, 0.3) is 0 Å². The molecule has 1 aromatic heterocycles. The number of ether oxygens (including phenoxy) is 1. The first kappa shape index (κ1) is 18.6. The van der Waals surface area contributed by atoms with Crippen LogP contribution in [0.5, 0.6) is 5.75 Å². The van der Waals surface area contributed by atoms with Gasteiger partial charge in [-0.3, -0.25) is 0 Å². The predicted molar refractivity (Wildman–Crippen MR) is 87.2 cm³/mol. The van der Waals surface area contributed by atoms with Gasteiger partial charge in [0.05, 0.1) is 18.7 Å². The summed E-state index contributed by atoms with van der Waals surface area (Å²) in [6, 6.07) is 7.15. The van der Waals surface area contributed by atoms with Gasteiger partial charge in [0.1, 0.15) is 16.3 Å². The summed E-state index contributed by atoms with van der Waals surface area (Å²) < 4.78 is 54.8. The van der Waals surface area contributed by atoms with Crippen molar-refractivity contribution in [2.24, 2.45) is 0 Å². The molecule has 24 heavy (non-hydrogen) atoms. The van der Waals surface area contributed by atoms with Gasteiger partial charge in [-0.1, -0.05) is 23.7 Å². The fourth-order valence-electron chi connectivity index (χ4n) is 1.77. The molecule has 0 atom stereocenters. The van der Waals surface area contributed by atoms with E-state index in [2.05, 4.69) is 14.9 Å². The Balaban J connectivity index is 2.28. The zero-order valence-electron chi connectivity index (χ0n) is 12.7. The highest BCUT2D eigenvalue weighted by atomic mass is 35.5. The molecule has 0 unspecified atom stereocenters. The van der Waals surface area contributed by atoms with Crippen molar-refractivity contribution in [1.82, 2.24) is 14.9 Å². The van der Waals surface area contributed by atoms with E-state index in [9.17, 15) is 16.8 Å². The van der Waals surface area contributed by atoms with Gasteiger partial charge in [-0.2, -0.15) is 0 Å². The standard InChI is InChI=1S/C13H14ClN3O5S2/c1-22-11-7-13(23(2,18)19)17-16-10(11)8-15-24(20,21)12-6-4-3-5-9(12)14/h3-7,15H,8H2,1-2H3. The maximum Gasteiger partial charge on any atom is 0.242 e. The Morgan fingerprint density at radius 3 is 2.42 bits per heavy atom. The maximum atomic E-state index is 12.3. The third-order valence-electron chi connectivity index (χ3n) is 2.96. The van der Waals surface area contributed by atoms with E-state index in [0.717, 1.165) is 6.26 Å². The van der Waals surface area contributed by atoms with Crippen molar-refractivity contribution in [3.8, 4) is 5.75 Å². The molecule has 0 aliphatic heterocycles. The number of nitrogens with zero attached hydrogens (tertiary/aromatic N) is 2. The number of benzene rings is 1. The van der Waals surface area contributed by atoms with Crippen molar-refractivity contribution in [3.05, 3.63) is 41.0 Å². The third kappa shape index (κ3) is 4.20. The normalized spacial score (nSPS) is 12.1. The summed E-state index contributed by atoms with van der Waals surface area (Å²) in [6.45, 7) is -0.242. The minimum Gasteiger partial charge on any atom is -0.495 e. The van der Waals surface area contributed by atoms with Gasteiger partial charge < -0.3 is 4.74 Å². The number of sulfonamides is 1. The molecule has 0 aliphatic carbocycles. The first-order chi connectivity index (χ1) is 11.1. The van der Waals surface area contributed by atoms with Gasteiger partial charge in [0.15, 0.2) is 14.9 Å². The summed E-state index contributed by atoms with van der Waals surface area (Å²) in [5.41, 5.74) is 0.139. The number of sulfone groups is 1. The van der Waals surface area contributed by atoms with Gasteiger partial charge in [0, 0.05) is 12.3 Å². The molecule has 0 bridgehead atoms. The lowest BCUT2D eigenvalue weighted by atomic mass is 10.3. The molecule has 0 saturated heterocycles. The molecule has 0 amide bonds. The molecule has 0 radical (unpaired) electrons. The van der Waals surface area contributed by atoms with Crippen LogP contribution in [0.1, 0.15) is 5.69 Å². The lowest BCUT2D eigenvalue weighted by Gasteiger charge is -2.10. The Labute approximate surface area is 144 Å². The van der Waals surface area contributed by atoms with Crippen molar-refractivity contribution >= 4 is 31.5 Å². The number of nitrogens with one attached hydrogen (secondary N) is 1. The highest BCUT2D eigenvalue weighted by Crippen LogP contribution is 2.22. The second kappa shape index (κ2) is 7.01. The van der Waals surface area contributed by atoms with E-state index in [4.69, 9.17) is 16.3 Å². The highest BCUT2D eigenvalue weighted by molar-refractivity contribution is 7.90. The van der Waals surface area contributed by atoms with Crippen LogP contribution in [0.3, 0.4) is 0 Å². The van der Waals surface area contributed by atoms with Crippen LogP contribution in [0.4, 0.5) is 0 Å². The number of halogens is 1. The molecule has 0 spiro atoms. The van der Waals surface area contributed by atoms with Crippen LogP contribution in [0.2, 0.25) is 5.02 Å². The third-order valence-corrected chi connectivity index (χ3v) is 5.82. The molecular formula is C13H14ClN3O5S2. The molecule has 8 nitrogen and oxygen atoms in total. The predicted octanol–water partition coefficient (Wildman–Crippen LogP) is 1.02. The Morgan fingerprint density at radius 1 is 1.17 bits per heavy atom. The average molecular weight is 392 g/mol. The first-order valence-electron chi connectivity index (χ1n) is 6.50. The van der Waals surface area contributed by atoms with E-state index in [1.54, 1.807) is 12.1 Å². The zero-order valence-corrected chi connectivity index (χ0v) is 15.1. The number of rotatable bonds is 6. The fourth-order valence-corrected chi connectivity index (χ4v) is 3.78. The van der Waals surface area contributed by atoms with Crippen molar-refractivity contribution in [2.45, 2.75) is 16.5 Å². The van der Waals surface area contributed by atoms with Crippen molar-refractivity contribution in [3.63, 3.8) is 0 Å². The van der Waals surface area contributed by atoms with Crippen molar-refractivity contribution in [2.75, 3.05) is 13.4 Å². The summed E-state index contributed by atoms with van der Waals surface area (Å²) in [5.74, 6) is 0.104. The molecule has 0 aliphatic rings. The summed E-state index contributed by atoms with van der Waals surface area (Å²) in [7, 11) is -6.12. The molecule has 0 fully saturated rings. The van der Waals surface area contributed by atoms with Crippen LogP contribution in [0, 0.1) is 0 Å². The SMILES string of the molecule is COc1cc(S(C)(=O)=O)nnc1CNS(=O)(=O)c1ccccc1Cl. The molecule has 130 valence electrons. The number of methoxy groups -OCH3 is 1. The summed E-state index contributed by atoms with van der Waals surface area (Å²) in [6.07, 6.45) is 0.982. The fraction of sp³-hybridized carbons (Fsp3) is 0.231. The molecule has 1 heterocycles. The summed E-state index contributed by atoms with van der Waals surface area (Å²) in [4.78, 5) is -0.0775. The average Bonchev–Trinajstić information content (AvgIpc) is 2.52. The van der Waals surface area contributed by atoms with E-state index in [0.29, 0.717) is 0 Å². The van der Waals surface area contributed by atoms with Crippen LogP contribution in [-0.2, 0) is 26.4 Å². The van der Waals surface area contributed by atoms with E-state index < -0.39 is 19.9 Å². The van der Waals surface area contributed by atoms with E-state index in [-0.39, 0.29) is 32.9 Å². The lowest BCUT2D eigenvalue weighted by Crippen LogP contribution is -2.24. The molecule has 2 rings (SSSR count). The molecule has 2 aromatic rings. The molecule has 11 heteroatoms. The van der Waals surface area contributed by atoms with Crippen LogP contribution in [-0.4, -0.2) is 40.4 Å². The van der Waals surface area contributed by atoms with Gasteiger partial charge >= 0.3 is 0 Å². The van der Waals surface area contributed by atoms with Gasteiger partial charge in [0.25, 0.3) is 0 Å². The van der Waals surface area contributed by atoms with Gasteiger partial charge in [0.2, 0.25) is 10.0 Å². The van der Waals surface area contributed by atoms with E-state index >= 15 is 0 Å². The molecule has 0 saturated carbocycles. The van der Waals surface area contributed by atoms with Crippen molar-refractivity contribution < 1.29 is 21.6 Å². The van der Waals surface area contributed by atoms with Crippen molar-refractivity contribution in [1.29, 1.82) is 0 Å². The molecule has 1 N–H and O–H groups in total. The topological polar surface area (TPSA) is 115 Å². The van der Waals surface area contributed by atoms with Gasteiger partial charge in [-0.15, -0.1) is 10.2 Å². The lowest BCUT2D eigenvalue weighted by molar-refractivity contribution is 0.401. The van der Waals surface area contributed by atoms with E-state index in [1.807, 2.05) is 0 Å².